The van der Waals surface area contributed by atoms with Gasteiger partial charge in [-0.2, -0.15) is 0 Å². The maximum Gasteiger partial charge on any atom is 0.255 e. The van der Waals surface area contributed by atoms with E-state index in [2.05, 4.69) is 36.8 Å². The topological polar surface area (TPSA) is 33.2 Å². The molecule has 0 aliphatic carbocycles. The Morgan fingerprint density at radius 2 is 1.95 bits per heavy atom. The number of carbonyl (C=O) groups is 1. The van der Waals surface area contributed by atoms with E-state index in [1.165, 1.54) is 0 Å². The lowest BCUT2D eigenvalue weighted by Crippen LogP contribution is -2.30. The second-order valence-electron chi connectivity index (χ2n) is 5.06. The van der Waals surface area contributed by atoms with Gasteiger partial charge in [-0.1, -0.05) is 15.9 Å². The minimum atomic E-state index is 0.0775. The summed E-state index contributed by atoms with van der Waals surface area (Å²) in [6.07, 6.45) is 5.61. The highest BCUT2D eigenvalue weighted by atomic mass is 79.9. The first-order chi connectivity index (χ1) is 10.2. The van der Waals surface area contributed by atoms with E-state index in [1.807, 2.05) is 35.2 Å². The summed E-state index contributed by atoms with van der Waals surface area (Å²) in [7, 11) is 0. The van der Waals surface area contributed by atoms with Crippen LogP contribution in [0.5, 0.6) is 0 Å². The Hall–Kier alpha value is -1.20. The van der Waals surface area contributed by atoms with Crippen molar-refractivity contribution in [1.82, 2.24) is 9.88 Å². The first kappa shape index (κ1) is 14.7. The van der Waals surface area contributed by atoms with Crippen LogP contribution in [-0.2, 0) is 0 Å². The van der Waals surface area contributed by atoms with Crippen molar-refractivity contribution in [2.24, 2.45) is 0 Å². The highest BCUT2D eigenvalue weighted by Gasteiger charge is 2.31. The summed E-state index contributed by atoms with van der Waals surface area (Å²) in [4.78, 5) is 18.8. The Kier molecular flexibility index (Phi) is 4.40. The molecule has 3 rings (SSSR count). The number of carbonyl (C=O) groups excluding carboxylic acids is 1. The number of amides is 1. The third-order valence-corrected chi connectivity index (χ3v) is 4.92. The van der Waals surface area contributed by atoms with Crippen LogP contribution in [0, 0.1) is 0 Å². The predicted molar refractivity (Wildman–Crippen MR) is 89.1 cm³/mol. The van der Waals surface area contributed by atoms with Gasteiger partial charge in [-0.05, 0) is 64.7 Å². The molecule has 2 aromatic rings. The van der Waals surface area contributed by atoms with Crippen molar-refractivity contribution < 1.29 is 4.79 Å². The van der Waals surface area contributed by atoms with Gasteiger partial charge in [-0.3, -0.25) is 9.78 Å². The summed E-state index contributed by atoms with van der Waals surface area (Å²) in [5, 5.41) is 0. The predicted octanol–water partition coefficient (Wildman–Crippen LogP) is 4.58. The van der Waals surface area contributed by atoms with E-state index in [-0.39, 0.29) is 11.9 Å². The number of halogens is 2. The molecular formula is C16H14Br2N2O. The number of benzene rings is 1. The lowest BCUT2D eigenvalue weighted by atomic mass is 10.1. The van der Waals surface area contributed by atoms with Crippen molar-refractivity contribution in [2.75, 3.05) is 6.54 Å². The highest BCUT2D eigenvalue weighted by Crippen LogP contribution is 2.34. The molecule has 0 radical (unpaired) electrons. The molecule has 3 nitrogen and oxygen atoms in total. The van der Waals surface area contributed by atoms with Gasteiger partial charge in [-0.15, -0.1) is 0 Å². The number of nitrogens with zero attached hydrogens (tertiary/aromatic N) is 2. The number of likely N-dealkylation sites (tertiary alicyclic amines) is 1. The fourth-order valence-electron chi connectivity index (χ4n) is 2.76. The largest absolute Gasteiger partial charge is 0.332 e. The van der Waals surface area contributed by atoms with Gasteiger partial charge >= 0.3 is 0 Å². The fraction of sp³-hybridized carbons (Fsp3) is 0.250. The number of hydrogen-bond acceptors (Lipinski definition) is 2. The fourth-order valence-corrected chi connectivity index (χ4v) is 3.98. The van der Waals surface area contributed by atoms with E-state index in [0.717, 1.165) is 33.9 Å². The standard InChI is InChI=1S/C16H14Br2N2O/c17-12-3-4-13(14(18)10-12)16(21)20-9-1-2-15(20)11-5-7-19-8-6-11/h3-8,10,15H,1-2,9H2. The Balaban J connectivity index is 1.90. The summed E-state index contributed by atoms with van der Waals surface area (Å²) >= 11 is 6.90. The maximum absolute atomic E-state index is 12.8. The van der Waals surface area contributed by atoms with Gasteiger partial charge in [0.2, 0.25) is 0 Å². The number of hydrogen-bond donors (Lipinski definition) is 0. The number of rotatable bonds is 2. The van der Waals surface area contributed by atoms with Crippen LogP contribution in [0.4, 0.5) is 0 Å². The van der Waals surface area contributed by atoms with Crippen molar-refractivity contribution in [3.63, 3.8) is 0 Å². The zero-order chi connectivity index (χ0) is 14.8. The molecule has 1 aromatic carbocycles. The molecule has 0 N–H and O–H groups in total. The average Bonchev–Trinajstić information content (AvgIpc) is 2.97. The second-order valence-corrected chi connectivity index (χ2v) is 6.83. The van der Waals surface area contributed by atoms with E-state index in [9.17, 15) is 4.79 Å². The Morgan fingerprint density at radius 1 is 1.19 bits per heavy atom. The van der Waals surface area contributed by atoms with Gasteiger partial charge in [0, 0.05) is 27.9 Å². The monoisotopic (exact) mass is 408 g/mol. The summed E-state index contributed by atoms with van der Waals surface area (Å²) in [5.74, 6) is 0.0775. The molecule has 2 heterocycles. The van der Waals surface area contributed by atoms with Crippen LogP contribution < -0.4 is 0 Å². The Bertz CT molecular complexity index is 661. The van der Waals surface area contributed by atoms with Crippen molar-refractivity contribution in [1.29, 1.82) is 0 Å². The molecule has 1 saturated heterocycles. The molecule has 0 spiro atoms. The summed E-state index contributed by atoms with van der Waals surface area (Å²) in [6.45, 7) is 0.800. The first-order valence-corrected chi connectivity index (χ1v) is 8.41. The van der Waals surface area contributed by atoms with E-state index in [4.69, 9.17) is 0 Å². The lowest BCUT2D eigenvalue weighted by molar-refractivity contribution is 0.0734. The van der Waals surface area contributed by atoms with Crippen LogP contribution in [0.3, 0.4) is 0 Å². The molecule has 1 aromatic heterocycles. The lowest BCUT2D eigenvalue weighted by Gasteiger charge is -2.25. The smallest absolute Gasteiger partial charge is 0.255 e. The summed E-state index contributed by atoms with van der Waals surface area (Å²) < 4.78 is 1.78. The van der Waals surface area contributed by atoms with E-state index >= 15 is 0 Å². The number of pyridine rings is 1. The van der Waals surface area contributed by atoms with Crippen molar-refractivity contribution in [3.8, 4) is 0 Å². The van der Waals surface area contributed by atoms with E-state index in [1.54, 1.807) is 12.4 Å². The first-order valence-electron chi connectivity index (χ1n) is 6.83. The average molecular weight is 410 g/mol. The van der Waals surface area contributed by atoms with E-state index in [0.29, 0.717) is 5.56 Å². The third-order valence-electron chi connectivity index (χ3n) is 3.77. The molecule has 1 aliphatic rings. The van der Waals surface area contributed by atoms with Crippen molar-refractivity contribution in [3.05, 3.63) is 62.8 Å². The zero-order valence-corrected chi connectivity index (χ0v) is 14.5. The minimum Gasteiger partial charge on any atom is -0.332 e. The van der Waals surface area contributed by atoms with Crippen molar-refractivity contribution in [2.45, 2.75) is 18.9 Å². The van der Waals surface area contributed by atoms with Gasteiger partial charge in [0.25, 0.3) is 5.91 Å². The van der Waals surface area contributed by atoms with Crippen LogP contribution in [0.1, 0.15) is 34.8 Å². The van der Waals surface area contributed by atoms with Gasteiger partial charge in [0.05, 0.1) is 11.6 Å². The Labute approximate surface area is 140 Å². The molecular weight excluding hydrogens is 396 g/mol. The Morgan fingerprint density at radius 3 is 2.67 bits per heavy atom. The van der Waals surface area contributed by atoms with Crippen molar-refractivity contribution >= 4 is 37.8 Å². The SMILES string of the molecule is O=C(c1ccc(Br)cc1Br)N1CCCC1c1ccncc1. The van der Waals surface area contributed by atoms with Gasteiger partial charge in [-0.25, -0.2) is 0 Å². The van der Waals surface area contributed by atoms with Crippen LogP contribution in [0.2, 0.25) is 0 Å². The minimum absolute atomic E-state index is 0.0775. The molecule has 108 valence electrons. The van der Waals surface area contributed by atoms with Crippen LogP contribution in [0.15, 0.2) is 51.7 Å². The molecule has 1 unspecified atom stereocenters. The molecule has 1 atom stereocenters. The third kappa shape index (κ3) is 3.04. The van der Waals surface area contributed by atoms with Crippen LogP contribution >= 0.6 is 31.9 Å². The molecule has 0 bridgehead atoms. The quantitative estimate of drug-likeness (QED) is 0.726. The van der Waals surface area contributed by atoms with Gasteiger partial charge in [0.1, 0.15) is 0 Å². The molecule has 1 aliphatic heterocycles. The molecule has 21 heavy (non-hydrogen) atoms. The molecule has 5 heteroatoms. The summed E-state index contributed by atoms with van der Waals surface area (Å²) in [6, 6.07) is 9.80. The van der Waals surface area contributed by atoms with Crippen LogP contribution in [0.25, 0.3) is 0 Å². The van der Waals surface area contributed by atoms with Gasteiger partial charge in [0.15, 0.2) is 0 Å². The second kappa shape index (κ2) is 6.28. The zero-order valence-electron chi connectivity index (χ0n) is 11.3. The molecule has 1 fully saturated rings. The highest BCUT2D eigenvalue weighted by molar-refractivity contribution is 9.11. The van der Waals surface area contributed by atoms with Gasteiger partial charge < -0.3 is 4.90 Å². The molecule has 0 saturated carbocycles. The van der Waals surface area contributed by atoms with Crippen LogP contribution in [-0.4, -0.2) is 22.3 Å². The maximum atomic E-state index is 12.8. The van der Waals surface area contributed by atoms with E-state index < -0.39 is 0 Å². The molecule has 1 amide bonds. The summed E-state index contributed by atoms with van der Waals surface area (Å²) in [5.41, 5.74) is 1.86. The number of aromatic nitrogens is 1. The normalized spacial score (nSPS) is 18.0.